The van der Waals surface area contributed by atoms with Crippen molar-refractivity contribution in [1.29, 1.82) is 0 Å². The van der Waals surface area contributed by atoms with Crippen LogP contribution in [0.4, 0.5) is 0 Å². The van der Waals surface area contributed by atoms with Gasteiger partial charge in [0, 0.05) is 81.6 Å². The third-order valence-electron chi connectivity index (χ3n) is 6.55. The van der Waals surface area contributed by atoms with Crippen LogP contribution in [0.3, 0.4) is 0 Å². The maximum Gasteiger partial charge on any atom is 0.104 e. The van der Waals surface area contributed by atoms with Crippen molar-refractivity contribution in [3.05, 3.63) is 52.4 Å². The zero-order valence-corrected chi connectivity index (χ0v) is 19.4. The lowest BCUT2D eigenvalue weighted by Gasteiger charge is -2.20. The Kier molecular flexibility index (Phi) is 5.58. The molecule has 1 aromatic carbocycles. The molecule has 162 valence electrons. The quantitative estimate of drug-likeness (QED) is 0.758. The van der Waals surface area contributed by atoms with Gasteiger partial charge in [-0.15, -0.1) is 0 Å². The summed E-state index contributed by atoms with van der Waals surface area (Å²) < 4.78 is 0. The monoisotopic (exact) mass is 408 g/mol. The Labute approximate surface area is 181 Å². The van der Waals surface area contributed by atoms with E-state index in [9.17, 15) is 0 Å². The fraction of sp³-hybridized carbons (Fsp3) is 0.500. The summed E-state index contributed by atoms with van der Waals surface area (Å²) in [6.45, 7) is 6.47. The Morgan fingerprint density at radius 1 is 0.433 bits per heavy atom. The van der Waals surface area contributed by atoms with Crippen molar-refractivity contribution in [2.45, 2.75) is 0 Å². The molecule has 0 N–H and O–H groups in total. The van der Waals surface area contributed by atoms with Crippen molar-refractivity contribution < 1.29 is 0 Å². The molecule has 0 saturated carbocycles. The van der Waals surface area contributed by atoms with E-state index in [0.717, 1.165) is 39.3 Å². The molecule has 3 aliphatic heterocycles. The van der Waals surface area contributed by atoms with Crippen molar-refractivity contribution in [3.63, 3.8) is 0 Å². The Balaban J connectivity index is 1.77. The number of likely N-dealkylation sites (N-methyl/N-ethyl adjacent to an activating group) is 6. The molecule has 30 heavy (non-hydrogen) atoms. The SMILES string of the molecule is CN1CCN(C)C1=Cc1cc(C=C2N(C)CCN2C)cc(C=C2N(C)CCN2C)c1. The molecular weight excluding hydrogens is 372 g/mol. The molecule has 0 aliphatic carbocycles. The molecule has 0 aromatic heterocycles. The second kappa shape index (κ2) is 8.17. The van der Waals surface area contributed by atoms with Crippen LogP contribution in [-0.2, 0) is 0 Å². The van der Waals surface area contributed by atoms with Gasteiger partial charge in [-0.05, 0) is 53.1 Å². The molecule has 0 amide bonds. The van der Waals surface area contributed by atoms with Gasteiger partial charge < -0.3 is 29.4 Å². The lowest BCUT2D eigenvalue weighted by atomic mass is 10.0. The first kappa shape index (κ1) is 20.5. The van der Waals surface area contributed by atoms with E-state index in [1.165, 1.54) is 34.2 Å². The van der Waals surface area contributed by atoms with E-state index in [0.29, 0.717) is 0 Å². The van der Waals surface area contributed by atoms with Gasteiger partial charge in [0.1, 0.15) is 17.5 Å². The summed E-state index contributed by atoms with van der Waals surface area (Å²) in [5, 5.41) is 0. The minimum absolute atomic E-state index is 1.08. The minimum atomic E-state index is 1.08. The normalized spacial score (nSPS) is 19.6. The highest BCUT2D eigenvalue weighted by Gasteiger charge is 2.20. The first-order chi connectivity index (χ1) is 14.3. The van der Waals surface area contributed by atoms with E-state index in [2.05, 4.69) is 108 Å². The lowest BCUT2D eigenvalue weighted by molar-refractivity contribution is 0.429. The van der Waals surface area contributed by atoms with E-state index >= 15 is 0 Å². The molecule has 0 atom stereocenters. The van der Waals surface area contributed by atoms with Crippen molar-refractivity contribution in [2.75, 3.05) is 81.6 Å². The second-order valence-corrected chi connectivity index (χ2v) is 8.97. The molecular formula is C24H36N6. The predicted octanol–water partition coefficient (Wildman–Crippen LogP) is 2.21. The zero-order valence-electron chi connectivity index (χ0n) is 19.4. The summed E-state index contributed by atoms with van der Waals surface area (Å²) in [4.78, 5) is 14.0. The summed E-state index contributed by atoms with van der Waals surface area (Å²) in [5.41, 5.74) is 3.75. The standard InChI is InChI=1S/C24H36N6/c1-25-7-8-26(2)22(25)16-19-13-20(17-23-27(3)9-10-28(23)4)15-21(14-19)18-24-29(5)11-12-30(24)6/h13-18H,7-12H2,1-6H3. The van der Waals surface area contributed by atoms with Gasteiger partial charge in [-0.3, -0.25) is 0 Å². The first-order valence-corrected chi connectivity index (χ1v) is 10.9. The highest BCUT2D eigenvalue weighted by atomic mass is 15.4. The molecule has 3 fully saturated rings. The van der Waals surface area contributed by atoms with Gasteiger partial charge in [-0.1, -0.05) is 0 Å². The van der Waals surface area contributed by atoms with Crippen LogP contribution >= 0.6 is 0 Å². The smallest absolute Gasteiger partial charge is 0.104 e. The Morgan fingerprint density at radius 2 is 0.633 bits per heavy atom. The van der Waals surface area contributed by atoms with E-state index in [4.69, 9.17) is 0 Å². The maximum absolute atomic E-state index is 2.33. The van der Waals surface area contributed by atoms with Gasteiger partial charge in [-0.2, -0.15) is 0 Å². The Morgan fingerprint density at radius 3 is 0.833 bits per heavy atom. The van der Waals surface area contributed by atoms with Gasteiger partial charge >= 0.3 is 0 Å². The molecule has 0 unspecified atom stereocenters. The molecule has 3 heterocycles. The van der Waals surface area contributed by atoms with Crippen LogP contribution in [-0.4, -0.2) is 111 Å². The van der Waals surface area contributed by atoms with Crippen molar-refractivity contribution >= 4 is 18.2 Å². The van der Waals surface area contributed by atoms with E-state index in [-0.39, 0.29) is 0 Å². The van der Waals surface area contributed by atoms with Gasteiger partial charge in [0.2, 0.25) is 0 Å². The van der Waals surface area contributed by atoms with Gasteiger partial charge in [0.05, 0.1) is 0 Å². The largest absolute Gasteiger partial charge is 0.360 e. The molecule has 4 rings (SSSR count). The molecule has 1 aromatic rings. The molecule has 0 radical (unpaired) electrons. The number of benzene rings is 1. The van der Waals surface area contributed by atoms with Gasteiger partial charge in [0.15, 0.2) is 0 Å². The topological polar surface area (TPSA) is 19.4 Å². The fourth-order valence-corrected chi connectivity index (χ4v) is 4.52. The molecule has 3 saturated heterocycles. The predicted molar refractivity (Wildman–Crippen MR) is 126 cm³/mol. The van der Waals surface area contributed by atoms with Crippen molar-refractivity contribution in [1.82, 2.24) is 29.4 Å². The van der Waals surface area contributed by atoms with Crippen LogP contribution in [0.5, 0.6) is 0 Å². The van der Waals surface area contributed by atoms with E-state index in [1.807, 2.05) is 0 Å². The van der Waals surface area contributed by atoms with E-state index < -0.39 is 0 Å². The molecule has 6 heteroatoms. The molecule has 3 aliphatic rings. The third-order valence-corrected chi connectivity index (χ3v) is 6.55. The van der Waals surface area contributed by atoms with Gasteiger partial charge in [0.25, 0.3) is 0 Å². The van der Waals surface area contributed by atoms with Crippen molar-refractivity contribution in [3.8, 4) is 0 Å². The summed E-state index contributed by atoms with van der Waals surface area (Å²) in [6.07, 6.45) is 6.96. The molecule has 0 spiro atoms. The van der Waals surface area contributed by atoms with Gasteiger partial charge in [-0.25, -0.2) is 0 Å². The maximum atomic E-state index is 2.33. The van der Waals surface area contributed by atoms with Crippen LogP contribution in [0.1, 0.15) is 16.7 Å². The minimum Gasteiger partial charge on any atom is -0.360 e. The Hall–Kier alpha value is -2.76. The number of nitrogens with zero attached hydrogens (tertiary/aromatic N) is 6. The highest BCUT2D eigenvalue weighted by Crippen LogP contribution is 2.25. The first-order valence-electron chi connectivity index (χ1n) is 10.9. The average molecular weight is 409 g/mol. The number of rotatable bonds is 3. The average Bonchev–Trinajstić information content (AvgIpc) is 3.31. The number of hydrogen-bond donors (Lipinski definition) is 0. The van der Waals surface area contributed by atoms with E-state index in [1.54, 1.807) is 0 Å². The zero-order chi connectivity index (χ0) is 21.4. The Bertz CT molecular complexity index is 723. The fourth-order valence-electron chi connectivity index (χ4n) is 4.52. The molecule has 6 nitrogen and oxygen atoms in total. The second-order valence-electron chi connectivity index (χ2n) is 8.97. The van der Waals surface area contributed by atoms with Crippen molar-refractivity contribution in [2.24, 2.45) is 0 Å². The summed E-state index contributed by atoms with van der Waals surface area (Å²) >= 11 is 0. The molecule has 0 bridgehead atoms. The summed E-state index contributed by atoms with van der Waals surface area (Å²) in [6, 6.07) is 6.93. The van der Waals surface area contributed by atoms with Crippen LogP contribution in [0.15, 0.2) is 35.7 Å². The summed E-state index contributed by atoms with van der Waals surface area (Å²) in [5.74, 6) is 3.84. The highest BCUT2D eigenvalue weighted by molar-refractivity contribution is 5.67. The number of hydrogen-bond acceptors (Lipinski definition) is 6. The van der Waals surface area contributed by atoms with Crippen LogP contribution in [0, 0.1) is 0 Å². The van der Waals surface area contributed by atoms with Crippen LogP contribution in [0.25, 0.3) is 18.2 Å². The van der Waals surface area contributed by atoms with Crippen LogP contribution < -0.4 is 0 Å². The third kappa shape index (κ3) is 4.09. The lowest BCUT2D eigenvalue weighted by Crippen LogP contribution is -2.16. The summed E-state index contributed by atoms with van der Waals surface area (Å²) in [7, 11) is 13.1. The van der Waals surface area contributed by atoms with Crippen LogP contribution in [0.2, 0.25) is 0 Å².